The largest absolute Gasteiger partial charge is 0.369 e. The van der Waals surface area contributed by atoms with E-state index in [1.54, 1.807) is 0 Å². The standard InChI is InChI=1S/C21H38O/c1-3-5-6-7-8-9-10-11-12-13-14-15-16-17-18-19-21-20(4-2)22-21/h14-15,17-18,20-21H,3-13,16,19H2,1-2H3/b15-14?,18-17-. The molecule has 1 rings (SSSR count). The fraction of sp³-hybridized carbons (Fsp3) is 0.810. The van der Waals surface area contributed by atoms with Crippen molar-refractivity contribution in [3.05, 3.63) is 24.3 Å². The first-order chi connectivity index (χ1) is 10.9. The van der Waals surface area contributed by atoms with E-state index in [0.717, 1.165) is 19.3 Å². The van der Waals surface area contributed by atoms with Gasteiger partial charge in [0.05, 0.1) is 12.2 Å². The maximum absolute atomic E-state index is 5.52. The Bertz CT molecular complexity index is 292. The Balaban J connectivity index is 1.76. The number of epoxide rings is 1. The molecule has 0 aromatic heterocycles. The van der Waals surface area contributed by atoms with E-state index in [-0.39, 0.29) is 0 Å². The van der Waals surface area contributed by atoms with Gasteiger partial charge in [-0.05, 0) is 32.1 Å². The van der Waals surface area contributed by atoms with Crippen LogP contribution in [0.3, 0.4) is 0 Å². The van der Waals surface area contributed by atoms with E-state index >= 15 is 0 Å². The van der Waals surface area contributed by atoms with Crippen LogP contribution in [0.4, 0.5) is 0 Å². The minimum atomic E-state index is 0.521. The number of allylic oxidation sites excluding steroid dienone is 3. The van der Waals surface area contributed by atoms with Crippen LogP contribution in [-0.4, -0.2) is 12.2 Å². The Morgan fingerprint density at radius 3 is 1.95 bits per heavy atom. The van der Waals surface area contributed by atoms with Gasteiger partial charge in [-0.3, -0.25) is 0 Å². The Morgan fingerprint density at radius 1 is 0.682 bits per heavy atom. The van der Waals surface area contributed by atoms with Crippen LogP contribution in [0.15, 0.2) is 24.3 Å². The predicted octanol–water partition coefficient (Wildman–Crippen LogP) is 6.98. The Labute approximate surface area is 139 Å². The molecule has 0 radical (unpaired) electrons. The van der Waals surface area contributed by atoms with E-state index in [9.17, 15) is 0 Å². The topological polar surface area (TPSA) is 12.5 Å². The van der Waals surface area contributed by atoms with Crippen LogP contribution in [0, 0.1) is 0 Å². The molecule has 0 aromatic carbocycles. The first-order valence-corrected chi connectivity index (χ1v) is 9.84. The van der Waals surface area contributed by atoms with Crippen LogP contribution in [0.2, 0.25) is 0 Å². The molecule has 1 heterocycles. The van der Waals surface area contributed by atoms with Crippen molar-refractivity contribution in [3.63, 3.8) is 0 Å². The second kappa shape index (κ2) is 14.1. The van der Waals surface area contributed by atoms with E-state index < -0.39 is 0 Å². The van der Waals surface area contributed by atoms with Gasteiger partial charge in [0, 0.05) is 0 Å². The molecule has 0 aliphatic carbocycles. The molecule has 2 atom stereocenters. The molecule has 0 bridgehead atoms. The summed E-state index contributed by atoms with van der Waals surface area (Å²) in [5.74, 6) is 0. The molecule has 0 N–H and O–H groups in total. The Hall–Kier alpha value is -0.560. The third-order valence-corrected chi connectivity index (χ3v) is 4.54. The zero-order chi connectivity index (χ0) is 15.9. The summed E-state index contributed by atoms with van der Waals surface area (Å²) in [5.41, 5.74) is 0. The quantitative estimate of drug-likeness (QED) is 0.181. The van der Waals surface area contributed by atoms with Gasteiger partial charge in [-0.15, -0.1) is 0 Å². The predicted molar refractivity (Wildman–Crippen MR) is 98.3 cm³/mol. The summed E-state index contributed by atoms with van der Waals surface area (Å²) in [7, 11) is 0. The first-order valence-electron chi connectivity index (χ1n) is 9.84. The normalized spacial score (nSPS) is 21.2. The van der Waals surface area contributed by atoms with Gasteiger partial charge in [-0.25, -0.2) is 0 Å². The number of hydrogen-bond donors (Lipinski definition) is 0. The minimum Gasteiger partial charge on any atom is -0.369 e. The monoisotopic (exact) mass is 306 g/mol. The van der Waals surface area contributed by atoms with Gasteiger partial charge < -0.3 is 4.74 Å². The summed E-state index contributed by atoms with van der Waals surface area (Å²) in [6, 6.07) is 0. The van der Waals surface area contributed by atoms with Gasteiger partial charge >= 0.3 is 0 Å². The third-order valence-electron chi connectivity index (χ3n) is 4.54. The molecule has 0 aromatic rings. The molecule has 1 fully saturated rings. The molecular formula is C21H38O. The van der Waals surface area contributed by atoms with Crippen LogP contribution in [0.5, 0.6) is 0 Å². The van der Waals surface area contributed by atoms with Crippen LogP contribution >= 0.6 is 0 Å². The molecule has 1 heteroatoms. The molecule has 1 nitrogen and oxygen atoms in total. The van der Waals surface area contributed by atoms with Gasteiger partial charge in [-0.2, -0.15) is 0 Å². The third kappa shape index (κ3) is 11.1. The fourth-order valence-electron chi connectivity index (χ4n) is 2.94. The van der Waals surface area contributed by atoms with Crippen molar-refractivity contribution in [2.75, 3.05) is 0 Å². The molecule has 1 aliphatic heterocycles. The highest BCUT2D eigenvalue weighted by atomic mass is 16.6. The van der Waals surface area contributed by atoms with Crippen molar-refractivity contribution in [3.8, 4) is 0 Å². The Morgan fingerprint density at radius 2 is 1.32 bits per heavy atom. The molecule has 0 amide bonds. The summed E-state index contributed by atoms with van der Waals surface area (Å²) in [6.45, 7) is 4.48. The van der Waals surface area contributed by atoms with Crippen LogP contribution < -0.4 is 0 Å². The lowest BCUT2D eigenvalue weighted by Crippen LogP contribution is -1.88. The number of ether oxygens (including phenoxy) is 1. The van der Waals surface area contributed by atoms with Gasteiger partial charge in [0.1, 0.15) is 0 Å². The zero-order valence-electron chi connectivity index (χ0n) is 15.1. The molecule has 1 aliphatic rings. The first kappa shape index (κ1) is 19.5. The second-order valence-electron chi connectivity index (χ2n) is 6.65. The smallest absolute Gasteiger partial charge is 0.0876 e. The molecule has 2 unspecified atom stereocenters. The van der Waals surface area contributed by atoms with Crippen molar-refractivity contribution < 1.29 is 4.74 Å². The highest BCUT2D eigenvalue weighted by Crippen LogP contribution is 2.28. The van der Waals surface area contributed by atoms with E-state index in [2.05, 4.69) is 38.2 Å². The van der Waals surface area contributed by atoms with E-state index in [1.165, 1.54) is 64.2 Å². The number of unbranched alkanes of at least 4 members (excludes halogenated alkanes) is 9. The summed E-state index contributed by atoms with van der Waals surface area (Å²) >= 11 is 0. The van der Waals surface area contributed by atoms with Gasteiger partial charge in [0.2, 0.25) is 0 Å². The molecular weight excluding hydrogens is 268 g/mol. The van der Waals surface area contributed by atoms with Gasteiger partial charge in [-0.1, -0.05) is 89.5 Å². The maximum Gasteiger partial charge on any atom is 0.0876 e. The van der Waals surface area contributed by atoms with Crippen LogP contribution in [-0.2, 0) is 4.74 Å². The average Bonchev–Trinajstić information content (AvgIpc) is 3.30. The zero-order valence-corrected chi connectivity index (χ0v) is 15.1. The maximum atomic E-state index is 5.52. The molecule has 0 spiro atoms. The molecule has 0 saturated carbocycles. The molecule has 22 heavy (non-hydrogen) atoms. The summed E-state index contributed by atoms with van der Waals surface area (Å²) < 4.78 is 5.52. The highest BCUT2D eigenvalue weighted by Gasteiger charge is 2.35. The summed E-state index contributed by atoms with van der Waals surface area (Å²) in [6.07, 6.45) is 27.7. The lowest BCUT2D eigenvalue weighted by atomic mass is 10.1. The van der Waals surface area contributed by atoms with Gasteiger partial charge in [0.15, 0.2) is 0 Å². The van der Waals surface area contributed by atoms with E-state index in [4.69, 9.17) is 4.74 Å². The van der Waals surface area contributed by atoms with Crippen molar-refractivity contribution in [1.29, 1.82) is 0 Å². The van der Waals surface area contributed by atoms with E-state index in [1.807, 2.05) is 0 Å². The average molecular weight is 307 g/mol. The van der Waals surface area contributed by atoms with Crippen LogP contribution in [0.1, 0.15) is 97.3 Å². The number of hydrogen-bond acceptors (Lipinski definition) is 1. The lowest BCUT2D eigenvalue weighted by molar-refractivity contribution is 0.367. The van der Waals surface area contributed by atoms with Crippen molar-refractivity contribution >= 4 is 0 Å². The van der Waals surface area contributed by atoms with E-state index in [0.29, 0.717) is 12.2 Å². The SMILES string of the molecule is CCCCCCCCCCCC=CC/C=C\CC1OC1CC. The summed E-state index contributed by atoms with van der Waals surface area (Å²) in [5, 5.41) is 0. The lowest BCUT2D eigenvalue weighted by Gasteiger charge is -2.00. The fourth-order valence-corrected chi connectivity index (χ4v) is 2.94. The van der Waals surface area contributed by atoms with Crippen molar-refractivity contribution in [1.82, 2.24) is 0 Å². The van der Waals surface area contributed by atoms with Crippen molar-refractivity contribution in [2.24, 2.45) is 0 Å². The number of rotatable bonds is 15. The van der Waals surface area contributed by atoms with Crippen molar-refractivity contribution in [2.45, 2.75) is 110 Å². The second-order valence-corrected chi connectivity index (χ2v) is 6.65. The summed E-state index contributed by atoms with van der Waals surface area (Å²) in [4.78, 5) is 0. The Kier molecular flexibility index (Phi) is 12.5. The molecule has 128 valence electrons. The minimum absolute atomic E-state index is 0.521. The molecule has 1 saturated heterocycles. The van der Waals surface area contributed by atoms with Crippen LogP contribution in [0.25, 0.3) is 0 Å². The van der Waals surface area contributed by atoms with Gasteiger partial charge in [0.25, 0.3) is 0 Å². The highest BCUT2D eigenvalue weighted by molar-refractivity contribution is 4.97.